The van der Waals surface area contributed by atoms with Crippen LogP contribution in [-0.4, -0.2) is 99.1 Å². The van der Waals surface area contributed by atoms with Gasteiger partial charge in [-0.2, -0.15) is 4.98 Å². The lowest BCUT2D eigenvalue weighted by Gasteiger charge is -2.26. The third-order valence-corrected chi connectivity index (χ3v) is 11.0. The van der Waals surface area contributed by atoms with Gasteiger partial charge in [0.15, 0.2) is 29.6 Å². The molecule has 242 valence electrons. The summed E-state index contributed by atoms with van der Waals surface area (Å²) in [4.78, 5) is 41.9. The van der Waals surface area contributed by atoms with Crippen LogP contribution in [0.4, 0.5) is 11.8 Å². The molecule has 4 aromatic rings. The number of thiol groups is 1. The number of anilines is 2. The lowest BCUT2D eigenvalue weighted by Crippen LogP contribution is -2.35. The van der Waals surface area contributed by atoms with Crippen molar-refractivity contribution in [3.63, 3.8) is 0 Å². The van der Waals surface area contributed by atoms with Gasteiger partial charge in [-0.25, -0.2) is 19.5 Å². The highest BCUT2D eigenvalue weighted by molar-refractivity contribution is 8.44. The highest BCUT2D eigenvalue weighted by Crippen LogP contribution is 2.58. The molecule has 7 rings (SSSR count). The zero-order valence-corrected chi connectivity index (χ0v) is 25.5. The molecule has 0 amide bonds. The first-order chi connectivity index (χ1) is 21.3. The molecule has 0 spiro atoms. The largest absolute Gasteiger partial charge is 0.388 e. The first-order valence-electron chi connectivity index (χ1n) is 13.4. The molecular formula is C22H27N9O11P2S. The molecule has 3 fully saturated rings. The van der Waals surface area contributed by atoms with Gasteiger partial charge >= 0.3 is 14.4 Å². The molecule has 3 aliphatic rings. The van der Waals surface area contributed by atoms with Gasteiger partial charge in [0.25, 0.3) is 5.56 Å². The van der Waals surface area contributed by atoms with Crippen molar-refractivity contribution in [2.75, 3.05) is 30.8 Å². The third-order valence-electron chi connectivity index (χ3n) is 7.91. The Balaban J connectivity index is 1.21. The highest BCUT2D eigenvalue weighted by Gasteiger charge is 2.52. The van der Waals surface area contributed by atoms with E-state index in [-0.39, 0.29) is 34.0 Å². The number of nitrogen functional groups attached to an aromatic ring is 2. The Morgan fingerprint density at radius 3 is 2.56 bits per heavy atom. The number of hydrogen-bond acceptors (Lipinski definition) is 16. The van der Waals surface area contributed by atoms with E-state index in [0.717, 1.165) is 0 Å². The van der Waals surface area contributed by atoms with Crippen LogP contribution in [0.1, 0.15) is 12.5 Å². The number of aliphatic hydroxyl groups is 2. The van der Waals surface area contributed by atoms with Crippen molar-refractivity contribution >= 4 is 60.6 Å². The quantitative estimate of drug-likeness (QED) is 0.103. The number of hydrogen-bond donors (Lipinski definition) is 7. The number of ether oxygens (including phenoxy) is 2. The van der Waals surface area contributed by atoms with Crippen LogP contribution in [-0.2, 0) is 32.2 Å². The number of rotatable bonds is 2. The average Bonchev–Trinajstić information content (AvgIpc) is 3.72. The van der Waals surface area contributed by atoms with E-state index >= 15 is 0 Å². The first-order valence-corrected chi connectivity index (χ1v) is 17.9. The molecule has 0 saturated carbocycles. The highest BCUT2D eigenvalue weighted by atomic mass is 32.7. The summed E-state index contributed by atoms with van der Waals surface area (Å²) >= 11 is 4.10. The molecule has 6 unspecified atom stereocenters. The van der Waals surface area contributed by atoms with Crippen molar-refractivity contribution < 1.29 is 47.3 Å². The van der Waals surface area contributed by atoms with E-state index in [0.29, 0.717) is 0 Å². The van der Waals surface area contributed by atoms with Gasteiger partial charge in [0.05, 0.1) is 37.2 Å². The molecule has 45 heavy (non-hydrogen) atoms. The Morgan fingerprint density at radius 1 is 1.00 bits per heavy atom. The van der Waals surface area contributed by atoms with Gasteiger partial charge < -0.3 is 45.1 Å². The fraction of sp³-hybridized carbons (Fsp3) is 0.500. The Labute approximate surface area is 256 Å². The van der Waals surface area contributed by atoms with Gasteiger partial charge in [-0.05, 0) is 6.07 Å². The molecule has 8 N–H and O–H groups in total. The van der Waals surface area contributed by atoms with E-state index in [4.69, 9.17) is 34.5 Å². The number of aliphatic hydroxyl groups excluding tert-OH is 2. The van der Waals surface area contributed by atoms with E-state index in [1.54, 1.807) is 0 Å². The number of nitrogens with two attached hydrogens (primary N) is 2. The second-order valence-electron chi connectivity index (χ2n) is 10.7. The summed E-state index contributed by atoms with van der Waals surface area (Å²) in [6, 6.07) is 1.43. The van der Waals surface area contributed by atoms with Gasteiger partial charge in [-0.1, -0.05) is 12.2 Å². The number of imidazole rings is 1. The van der Waals surface area contributed by atoms with Gasteiger partial charge in [-0.3, -0.25) is 28.0 Å². The van der Waals surface area contributed by atoms with Gasteiger partial charge in [0.1, 0.15) is 36.3 Å². The van der Waals surface area contributed by atoms with Crippen LogP contribution in [0.3, 0.4) is 0 Å². The monoisotopic (exact) mass is 687 g/mol. The van der Waals surface area contributed by atoms with Crippen LogP contribution in [0.2, 0.25) is 0 Å². The van der Waals surface area contributed by atoms with Crippen molar-refractivity contribution in [1.82, 2.24) is 34.1 Å². The molecule has 20 nitrogen and oxygen atoms in total. The van der Waals surface area contributed by atoms with Crippen molar-refractivity contribution in [1.29, 1.82) is 0 Å². The predicted molar refractivity (Wildman–Crippen MR) is 156 cm³/mol. The van der Waals surface area contributed by atoms with Crippen molar-refractivity contribution in [2.24, 2.45) is 5.92 Å². The van der Waals surface area contributed by atoms with Gasteiger partial charge in [0, 0.05) is 12.1 Å². The maximum atomic E-state index is 13.5. The maximum absolute atomic E-state index is 13.5. The van der Waals surface area contributed by atoms with Crippen molar-refractivity contribution in [3.05, 3.63) is 35.3 Å². The first kappa shape index (κ1) is 30.7. The van der Waals surface area contributed by atoms with Gasteiger partial charge in [0.2, 0.25) is 5.95 Å². The van der Waals surface area contributed by atoms with Crippen LogP contribution >= 0.6 is 26.6 Å². The topological polar surface area (TPSA) is 287 Å². The number of aromatic nitrogens is 7. The van der Waals surface area contributed by atoms with E-state index in [1.165, 1.54) is 34.1 Å². The van der Waals surface area contributed by atoms with Crippen LogP contribution < -0.4 is 17.0 Å². The van der Waals surface area contributed by atoms with Crippen LogP contribution in [0, 0.1) is 5.92 Å². The maximum Gasteiger partial charge on any atom is 0.386 e. The third kappa shape index (κ3) is 5.47. The number of fused-ring (bicyclic) bond motifs is 5. The lowest BCUT2D eigenvalue weighted by atomic mass is 10.0. The number of nitrogens with one attached hydrogen (secondary N) is 1. The molecule has 3 aliphatic heterocycles. The zero-order valence-electron chi connectivity index (χ0n) is 22.8. The molecule has 10 atom stereocenters. The van der Waals surface area contributed by atoms with Gasteiger partial charge in [-0.15, -0.1) is 0 Å². The second kappa shape index (κ2) is 11.1. The molecule has 0 aromatic carbocycles. The fourth-order valence-electron chi connectivity index (χ4n) is 5.79. The molecule has 2 bridgehead atoms. The fourth-order valence-corrected chi connectivity index (χ4v) is 8.71. The Kier molecular flexibility index (Phi) is 7.57. The van der Waals surface area contributed by atoms with E-state index in [9.17, 15) is 29.0 Å². The summed E-state index contributed by atoms with van der Waals surface area (Å²) in [5.74, 6) is -1.19. The van der Waals surface area contributed by atoms with E-state index < -0.39 is 88.2 Å². The summed E-state index contributed by atoms with van der Waals surface area (Å²) < 4.78 is 58.2. The second-order valence-corrected chi connectivity index (χ2v) is 15.5. The predicted octanol–water partition coefficient (Wildman–Crippen LogP) is -0.483. The number of H-pyrrole nitrogens is 1. The van der Waals surface area contributed by atoms with Crippen LogP contribution in [0.5, 0.6) is 0 Å². The normalized spacial score (nSPS) is 37.7. The zero-order chi connectivity index (χ0) is 31.8. The summed E-state index contributed by atoms with van der Waals surface area (Å²) in [7, 11) is -4.51. The summed E-state index contributed by atoms with van der Waals surface area (Å²) in [6.45, 7) is -5.48. The molecule has 0 radical (unpaired) electrons. The smallest absolute Gasteiger partial charge is 0.386 e. The average molecular weight is 688 g/mol. The van der Waals surface area contributed by atoms with Crippen molar-refractivity contribution in [2.45, 2.75) is 43.0 Å². The molecule has 3 saturated heterocycles. The summed E-state index contributed by atoms with van der Waals surface area (Å²) in [6.07, 6.45) is -6.01. The van der Waals surface area contributed by atoms with Crippen LogP contribution in [0.25, 0.3) is 22.2 Å². The van der Waals surface area contributed by atoms with Crippen LogP contribution in [0.15, 0.2) is 29.7 Å². The summed E-state index contributed by atoms with van der Waals surface area (Å²) in [5.41, 5.74) is 11.6. The minimum atomic E-state index is -4.51. The van der Waals surface area contributed by atoms with E-state index in [2.05, 4.69) is 37.2 Å². The minimum absolute atomic E-state index is 0.0637. The molecule has 7 heterocycles. The Morgan fingerprint density at radius 2 is 1.76 bits per heavy atom. The Hall–Kier alpha value is -2.94. The molecular weight excluding hydrogens is 660 g/mol. The summed E-state index contributed by atoms with van der Waals surface area (Å²) in [5, 5.41) is 22.6. The lowest BCUT2D eigenvalue weighted by molar-refractivity contribution is -0.0534. The SMILES string of the molecule is Nc1nc2c(ccn2[C@@H]2O[C@@H]3COP(=O)(O)CC4C(O)[C@H](n5cnc6c(N)ncnc65)O[C@@H]4COP(=O)(S)OC2C3O)c(=O)[nH]1. The molecule has 23 heteroatoms. The molecule has 0 aliphatic carbocycles. The molecule has 4 aromatic heterocycles. The van der Waals surface area contributed by atoms with E-state index in [1.807, 2.05) is 0 Å². The van der Waals surface area contributed by atoms with Crippen molar-refractivity contribution in [3.8, 4) is 0 Å². The number of aromatic amines is 1. The Bertz CT molecular complexity index is 1940. The number of nitrogens with zero attached hydrogens (tertiary/aromatic N) is 6. The standard InChI is InChI=1S/C22H27N9O11P2S/c23-16-12-18(26-6-25-16)31(7-27-12)20-13(32)9-5-43(35,36)38-4-11-14(33)15(42-44(37,45)39-3-10(9)40-20)21(41-11)30-2-1-8-17(30)28-22(24)29-19(8)34/h1-2,6-7,9-11,13-15,20-21,32-33H,3-5H2,(H,35,36)(H,37,45)(H2,23,25,26)(H3,24,28,29,34)/t9?,10-,11-,13?,14?,15?,20-,21-,44?/m1/s1. The minimum Gasteiger partial charge on any atom is -0.388 e.